The second kappa shape index (κ2) is 8.28. The van der Waals surface area contributed by atoms with Crippen molar-refractivity contribution >= 4 is 11.6 Å². The number of benzene rings is 2. The normalized spacial score (nSPS) is 13.7. The number of hydrogen-bond acceptors (Lipinski definition) is 4. The van der Waals surface area contributed by atoms with Crippen LogP contribution in [0.15, 0.2) is 40.9 Å². The molecule has 0 aliphatic heterocycles. The molecule has 1 N–H and O–H groups in total. The van der Waals surface area contributed by atoms with Crippen molar-refractivity contribution in [3.63, 3.8) is 0 Å². The Kier molecular flexibility index (Phi) is 5.81. The summed E-state index contributed by atoms with van der Waals surface area (Å²) in [7, 11) is 1.54. The Balaban J connectivity index is 1.67. The summed E-state index contributed by atoms with van der Waals surface area (Å²) in [6.45, 7) is 1.36. The molecule has 12 heteroatoms. The largest absolute Gasteiger partial charge is 0.497 e. The van der Waals surface area contributed by atoms with Crippen LogP contribution >= 0.6 is 0 Å². The molecule has 0 saturated carbocycles. The zero-order valence-electron chi connectivity index (χ0n) is 18.2. The summed E-state index contributed by atoms with van der Waals surface area (Å²) in [6.07, 6.45) is -5.51. The smallest absolute Gasteiger partial charge is 0.460 e. The van der Waals surface area contributed by atoms with Crippen LogP contribution in [0.5, 0.6) is 5.75 Å². The Morgan fingerprint density at radius 3 is 2.40 bits per heavy atom. The third-order valence-corrected chi connectivity index (χ3v) is 5.78. The average molecular weight is 502 g/mol. The number of hydrogen-bond donors (Lipinski definition) is 1. The number of ether oxygens (including phenoxy) is 1. The first-order valence-electron chi connectivity index (χ1n) is 10.2. The molecule has 0 saturated heterocycles. The maximum absolute atomic E-state index is 13.8. The number of anilines is 1. The molecule has 0 spiro atoms. The summed E-state index contributed by atoms with van der Waals surface area (Å²) in [6, 6.07) is 9.47. The standard InChI is InChI=1S/C23H17F7N2O3/c1-11-3-4-13(10-17(11)31-20(33)21(24,25)22(26,27)23(28,29)30)19-16-7-5-12-9-14(34-2)6-8-15(12)18(16)32-35-19/h3-4,6,8-10H,5,7H2,1-2H3,(H,31,33). The lowest BCUT2D eigenvalue weighted by molar-refractivity contribution is -0.343. The first-order chi connectivity index (χ1) is 16.3. The number of carbonyl (C=O) groups excluding carboxylic acids is 1. The molecular formula is C23H17F7N2O3. The number of halogens is 7. The summed E-state index contributed by atoms with van der Waals surface area (Å²) >= 11 is 0. The van der Waals surface area contributed by atoms with Crippen LogP contribution in [0.3, 0.4) is 0 Å². The number of amides is 1. The SMILES string of the molecule is COc1ccc2c(c1)CCc1c-2noc1-c1ccc(C)c(NC(=O)C(F)(F)C(F)(F)C(F)(F)F)c1. The zero-order valence-corrected chi connectivity index (χ0v) is 18.2. The Labute approximate surface area is 193 Å². The molecule has 0 radical (unpaired) electrons. The lowest BCUT2D eigenvalue weighted by Gasteiger charge is -2.27. The zero-order chi connectivity index (χ0) is 25.8. The first-order valence-corrected chi connectivity index (χ1v) is 10.2. The number of methoxy groups -OCH3 is 1. The molecule has 1 heterocycles. The molecule has 4 rings (SSSR count). The number of rotatable bonds is 5. The van der Waals surface area contributed by atoms with Gasteiger partial charge in [-0.25, -0.2) is 0 Å². The third kappa shape index (κ3) is 4.00. The van der Waals surface area contributed by atoms with E-state index in [2.05, 4.69) is 5.16 Å². The van der Waals surface area contributed by atoms with Crippen molar-refractivity contribution in [2.45, 2.75) is 37.8 Å². The number of aromatic nitrogens is 1. The van der Waals surface area contributed by atoms with Gasteiger partial charge < -0.3 is 14.6 Å². The Morgan fingerprint density at radius 1 is 1.03 bits per heavy atom. The fourth-order valence-electron chi connectivity index (χ4n) is 3.79. The average Bonchev–Trinajstić information content (AvgIpc) is 3.23. The van der Waals surface area contributed by atoms with Gasteiger partial charge in [-0.05, 0) is 55.2 Å². The van der Waals surface area contributed by atoms with Gasteiger partial charge in [0.05, 0.1) is 7.11 Å². The van der Waals surface area contributed by atoms with Crippen LogP contribution in [0.4, 0.5) is 36.4 Å². The number of nitrogens with one attached hydrogen (secondary N) is 1. The maximum atomic E-state index is 13.8. The first kappa shape index (κ1) is 24.6. The molecule has 0 fully saturated rings. The molecule has 3 aromatic rings. The van der Waals surface area contributed by atoms with Crippen LogP contribution < -0.4 is 10.1 Å². The van der Waals surface area contributed by atoms with Gasteiger partial charge in [0, 0.05) is 22.4 Å². The van der Waals surface area contributed by atoms with Crippen LogP contribution in [0.1, 0.15) is 16.7 Å². The quantitative estimate of drug-likeness (QED) is 0.423. The maximum Gasteiger partial charge on any atom is 0.460 e. The molecule has 2 aromatic carbocycles. The fraction of sp³-hybridized carbons (Fsp3) is 0.304. The van der Waals surface area contributed by atoms with Gasteiger partial charge in [0.1, 0.15) is 11.4 Å². The highest BCUT2D eigenvalue weighted by molar-refractivity contribution is 5.98. The Hall–Kier alpha value is -3.57. The summed E-state index contributed by atoms with van der Waals surface area (Å²) in [5.74, 6) is -14.5. The van der Waals surface area contributed by atoms with E-state index < -0.39 is 23.9 Å². The van der Waals surface area contributed by atoms with Crippen LogP contribution in [-0.2, 0) is 17.6 Å². The molecular weight excluding hydrogens is 485 g/mol. The van der Waals surface area contributed by atoms with E-state index >= 15 is 0 Å². The van der Waals surface area contributed by atoms with E-state index in [4.69, 9.17) is 9.26 Å². The van der Waals surface area contributed by atoms with Gasteiger partial charge >= 0.3 is 23.9 Å². The molecule has 1 aliphatic rings. The van der Waals surface area contributed by atoms with Crippen LogP contribution in [0, 0.1) is 6.92 Å². The van der Waals surface area contributed by atoms with Gasteiger partial charge in [0.15, 0.2) is 5.76 Å². The van der Waals surface area contributed by atoms with Crippen molar-refractivity contribution in [3.05, 3.63) is 53.1 Å². The van der Waals surface area contributed by atoms with Crippen molar-refractivity contribution in [3.8, 4) is 28.3 Å². The highest BCUT2D eigenvalue weighted by atomic mass is 19.4. The van der Waals surface area contributed by atoms with Crippen LogP contribution in [-0.4, -0.2) is 36.2 Å². The summed E-state index contributed by atoms with van der Waals surface area (Å²) in [5.41, 5.74) is 3.06. The predicted molar refractivity (Wildman–Crippen MR) is 111 cm³/mol. The summed E-state index contributed by atoms with van der Waals surface area (Å²) in [5, 5.41) is 5.59. The van der Waals surface area contributed by atoms with Crippen LogP contribution in [0.2, 0.25) is 0 Å². The predicted octanol–water partition coefficient (Wildman–Crippen LogP) is 6.20. The molecule has 0 atom stereocenters. The third-order valence-electron chi connectivity index (χ3n) is 5.78. The van der Waals surface area contributed by atoms with Crippen molar-refractivity contribution in [2.24, 2.45) is 0 Å². The number of fused-ring (bicyclic) bond motifs is 3. The van der Waals surface area contributed by atoms with E-state index in [0.29, 0.717) is 29.8 Å². The van der Waals surface area contributed by atoms with Gasteiger partial charge in [0.25, 0.3) is 0 Å². The van der Waals surface area contributed by atoms with E-state index in [-0.39, 0.29) is 22.6 Å². The van der Waals surface area contributed by atoms with Gasteiger partial charge in [-0.15, -0.1) is 0 Å². The Morgan fingerprint density at radius 2 is 1.74 bits per heavy atom. The molecule has 1 amide bonds. The number of nitrogens with zero attached hydrogens (tertiary/aromatic N) is 1. The van der Waals surface area contributed by atoms with Gasteiger partial charge in [-0.2, -0.15) is 30.7 Å². The summed E-state index contributed by atoms with van der Waals surface area (Å²) < 4.78 is 102. The van der Waals surface area contributed by atoms with E-state index in [1.165, 1.54) is 31.5 Å². The number of alkyl halides is 7. The van der Waals surface area contributed by atoms with E-state index in [9.17, 15) is 35.5 Å². The second-order valence-corrected chi connectivity index (χ2v) is 7.99. The molecule has 5 nitrogen and oxygen atoms in total. The molecule has 186 valence electrons. The van der Waals surface area contributed by atoms with Crippen LogP contribution in [0.25, 0.3) is 22.6 Å². The minimum absolute atomic E-state index is 0.152. The number of aryl methyl sites for hydroxylation is 2. The van der Waals surface area contributed by atoms with Gasteiger partial charge in [-0.3, -0.25) is 4.79 Å². The van der Waals surface area contributed by atoms with E-state index in [1.54, 1.807) is 6.07 Å². The Bertz CT molecular complexity index is 1300. The molecule has 1 aliphatic carbocycles. The fourth-order valence-corrected chi connectivity index (χ4v) is 3.79. The molecule has 0 bridgehead atoms. The molecule has 1 aromatic heterocycles. The monoisotopic (exact) mass is 502 g/mol. The molecule has 0 unspecified atom stereocenters. The second-order valence-electron chi connectivity index (χ2n) is 7.99. The van der Waals surface area contributed by atoms with E-state index in [1.807, 2.05) is 12.1 Å². The number of carbonyl (C=O) groups is 1. The minimum Gasteiger partial charge on any atom is -0.497 e. The van der Waals surface area contributed by atoms with Crippen molar-refractivity contribution < 1.29 is 44.8 Å². The van der Waals surface area contributed by atoms with Gasteiger partial charge in [0.2, 0.25) is 0 Å². The van der Waals surface area contributed by atoms with Crippen molar-refractivity contribution in [2.75, 3.05) is 12.4 Å². The molecule has 35 heavy (non-hydrogen) atoms. The highest BCUT2D eigenvalue weighted by Crippen LogP contribution is 2.47. The van der Waals surface area contributed by atoms with Crippen molar-refractivity contribution in [1.82, 2.24) is 5.16 Å². The minimum atomic E-state index is -6.62. The van der Waals surface area contributed by atoms with Gasteiger partial charge in [-0.1, -0.05) is 17.3 Å². The topological polar surface area (TPSA) is 64.4 Å². The van der Waals surface area contributed by atoms with E-state index in [0.717, 1.165) is 17.2 Å². The van der Waals surface area contributed by atoms with Crippen molar-refractivity contribution in [1.29, 1.82) is 0 Å². The lowest BCUT2D eigenvalue weighted by atomic mass is 9.88. The highest BCUT2D eigenvalue weighted by Gasteiger charge is 2.76. The summed E-state index contributed by atoms with van der Waals surface area (Å²) in [4.78, 5) is 11.8. The lowest BCUT2D eigenvalue weighted by Crippen LogP contribution is -2.57.